The van der Waals surface area contributed by atoms with Gasteiger partial charge in [-0.1, -0.05) is 0 Å². The van der Waals surface area contributed by atoms with Gasteiger partial charge in [-0.2, -0.15) is 7.11 Å². The molecule has 0 aliphatic heterocycles. The molecule has 0 heterocycles. The molecule has 0 radical (unpaired) electrons. The number of nitrogens with zero attached hydrogens (tertiary/aromatic N) is 3. The van der Waals surface area contributed by atoms with E-state index in [9.17, 15) is 0 Å². The van der Waals surface area contributed by atoms with Crippen LogP contribution in [0.15, 0.2) is 0 Å². The molecule has 0 amide bonds. The molecule has 0 aromatic carbocycles. The van der Waals surface area contributed by atoms with Crippen molar-refractivity contribution in [2.24, 2.45) is 0 Å². The van der Waals surface area contributed by atoms with Gasteiger partial charge in [0, 0.05) is 0 Å². The van der Waals surface area contributed by atoms with Gasteiger partial charge in [-0.3, -0.25) is 14.4 Å². The summed E-state index contributed by atoms with van der Waals surface area (Å²) in [6, 6.07) is 0. The van der Waals surface area contributed by atoms with E-state index < -0.39 is 0 Å². The molecule has 4 heteroatoms. The third-order valence-electron chi connectivity index (χ3n) is 3.14. The van der Waals surface area contributed by atoms with Crippen molar-refractivity contribution < 1.29 is 9.68 Å². The van der Waals surface area contributed by atoms with E-state index in [4.69, 9.17) is 5.11 Å². The highest BCUT2D eigenvalue weighted by Gasteiger charge is 2.24. The first kappa shape index (κ1) is 19.6. The molecule has 0 rings (SSSR count). The zero-order valence-corrected chi connectivity index (χ0v) is 13.5. The first-order chi connectivity index (χ1) is 8.69. The van der Waals surface area contributed by atoms with Crippen LogP contribution in [0.5, 0.6) is 0 Å². The third-order valence-corrected chi connectivity index (χ3v) is 3.14. The summed E-state index contributed by atoms with van der Waals surface area (Å²) in [5.41, 5.74) is 0. The highest BCUT2D eigenvalue weighted by atomic mass is 16.2. The van der Waals surface area contributed by atoms with Crippen LogP contribution in [0.4, 0.5) is 0 Å². The fourth-order valence-electron chi connectivity index (χ4n) is 2.12. The Labute approximate surface area is 114 Å². The predicted octanol–water partition coefficient (Wildman–Crippen LogP) is 1.05. The molecule has 0 aromatic heterocycles. The summed E-state index contributed by atoms with van der Waals surface area (Å²) in [5, 5.41) is 8.25. The molecule has 110 valence electrons. The lowest BCUT2D eigenvalue weighted by molar-refractivity contribution is -0.531. The summed E-state index contributed by atoms with van der Waals surface area (Å²) in [5.74, 6) is 1.40. The van der Waals surface area contributed by atoms with Crippen LogP contribution in [0.2, 0.25) is 0 Å². The summed E-state index contributed by atoms with van der Waals surface area (Å²) in [6.07, 6.45) is 0. The lowest BCUT2D eigenvalue weighted by atomic mass is 10.4. The second kappa shape index (κ2) is 12.7. The molecule has 0 spiro atoms. The Morgan fingerprint density at radius 1 is 0.722 bits per heavy atom. The van der Waals surface area contributed by atoms with Gasteiger partial charge in [-0.15, -0.1) is 0 Å². The molecule has 0 saturated heterocycles. The van der Waals surface area contributed by atoms with Crippen LogP contribution < -0.4 is 5.11 Å². The van der Waals surface area contributed by atoms with Crippen molar-refractivity contribution in [3.63, 3.8) is 0 Å². The van der Waals surface area contributed by atoms with Gasteiger partial charge >= 0.3 is 5.96 Å². The molecular weight excluding hydrogens is 226 g/mol. The maximum atomic E-state index is 8.25. The van der Waals surface area contributed by atoms with E-state index in [1.165, 1.54) is 5.96 Å². The molecular formula is C14H33N3O. The topological polar surface area (TPSA) is 32.5 Å². The second-order valence-electron chi connectivity index (χ2n) is 3.82. The van der Waals surface area contributed by atoms with E-state index in [1.807, 2.05) is 0 Å². The van der Waals surface area contributed by atoms with Gasteiger partial charge in [-0.05, 0) is 41.5 Å². The van der Waals surface area contributed by atoms with Crippen LogP contribution in [-0.2, 0) is 0 Å². The van der Waals surface area contributed by atoms with E-state index >= 15 is 0 Å². The van der Waals surface area contributed by atoms with Crippen molar-refractivity contribution in [1.29, 1.82) is 0 Å². The lowest BCUT2D eigenvalue weighted by Gasteiger charge is -2.27. The van der Waals surface area contributed by atoms with E-state index in [2.05, 4.69) is 55.9 Å². The SMILES string of the molecule is CCN(CC)C(N(CC)CC)=[N+](CC)CC.C[O-]. The molecule has 0 atom stereocenters. The normalized spacial score (nSPS) is 9.33. The monoisotopic (exact) mass is 259 g/mol. The zero-order valence-electron chi connectivity index (χ0n) is 13.5. The molecule has 0 aliphatic carbocycles. The van der Waals surface area contributed by atoms with E-state index in [-0.39, 0.29) is 0 Å². The number of rotatable bonds is 6. The van der Waals surface area contributed by atoms with Gasteiger partial charge < -0.3 is 5.11 Å². The minimum Gasteiger partial charge on any atom is -0.857 e. The minimum absolute atomic E-state index is 0.750. The van der Waals surface area contributed by atoms with Crippen molar-refractivity contribution in [2.45, 2.75) is 41.5 Å². The van der Waals surface area contributed by atoms with Crippen molar-refractivity contribution in [3.8, 4) is 0 Å². The van der Waals surface area contributed by atoms with E-state index in [0.717, 1.165) is 46.4 Å². The molecule has 0 unspecified atom stereocenters. The van der Waals surface area contributed by atoms with Crippen molar-refractivity contribution in [1.82, 2.24) is 9.80 Å². The summed E-state index contributed by atoms with van der Waals surface area (Å²) >= 11 is 0. The zero-order chi connectivity index (χ0) is 14.6. The Morgan fingerprint density at radius 3 is 1.17 bits per heavy atom. The Hall–Kier alpha value is -0.770. The Bertz CT molecular complexity index is 189. The van der Waals surface area contributed by atoms with Gasteiger partial charge in [0.15, 0.2) is 0 Å². The molecule has 0 fully saturated rings. The fraction of sp³-hybridized carbons (Fsp3) is 0.929. The van der Waals surface area contributed by atoms with Gasteiger partial charge in [0.05, 0.1) is 39.3 Å². The van der Waals surface area contributed by atoms with E-state index in [0.29, 0.717) is 0 Å². The lowest BCUT2D eigenvalue weighted by Crippen LogP contribution is -2.49. The van der Waals surface area contributed by atoms with E-state index in [1.54, 1.807) is 0 Å². The van der Waals surface area contributed by atoms with Crippen LogP contribution in [0, 0.1) is 0 Å². The molecule has 4 nitrogen and oxygen atoms in total. The maximum Gasteiger partial charge on any atom is 0.350 e. The Balaban J connectivity index is 0. The highest BCUT2D eigenvalue weighted by molar-refractivity contribution is 5.75. The maximum absolute atomic E-state index is 8.25. The number of hydrogen-bond donors (Lipinski definition) is 0. The number of guanidine groups is 1. The Morgan fingerprint density at radius 2 is 1.00 bits per heavy atom. The molecule has 0 N–H and O–H groups in total. The summed E-state index contributed by atoms with van der Waals surface area (Å²) in [4.78, 5) is 4.92. The van der Waals surface area contributed by atoms with Crippen LogP contribution in [0.1, 0.15) is 41.5 Å². The standard InChI is InChI=1S/C13H30N3.CH3O/c1-7-14(8-2)13(15(9-3)10-4)16(11-5)12-6;1-2/h7-12H2,1-6H3;1H3/q+1;-1. The van der Waals surface area contributed by atoms with Gasteiger partial charge in [0.2, 0.25) is 0 Å². The quantitative estimate of drug-likeness (QED) is 0.406. The summed E-state index contributed by atoms with van der Waals surface area (Å²) in [6.45, 7) is 19.9. The fourth-order valence-corrected chi connectivity index (χ4v) is 2.12. The van der Waals surface area contributed by atoms with Crippen molar-refractivity contribution in [2.75, 3.05) is 46.4 Å². The average molecular weight is 259 g/mol. The molecule has 0 bridgehead atoms. The van der Waals surface area contributed by atoms with Gasteiger partial charge in [0.1, 0.15) is 0 Å². The molecule has 0 aromatic rings. The van der Waals surface area contributed by atoms with Gasteiger partial charge in [-0.25, -0.2) is 0 Å². The highest BCUT2D eigenvalue weighted by Crippen LogP contribution is 2.00. The summed E-state index contributed by atoms with van der Waals surface area (Å²) in [7, 11) is 0.750. The van der Waals surface area contributed by atoms with Crippen molar-refractivity contribution in [3.05, 3.63) is 0 Å². The van der Waals surface area contributed by atoms with Crippen LogP contribution in [0.25, 0.3) is 0 Å². The van der Waals surface area contributed by atoms with Crippen LogP contribution in [0.3, 0.4) is 0 Å². The third kappa shape index (κ3) is 5.71. The molecule has 0 aliphatic rings. The molecule has 0 saturated carbocycles. The summed E-state index contributed by atoms with van der Waals surface area (Å²) < 4.78 is 2.46. The Kier molecular flexibility index (Phi) is 13.8. The number of hydrogen-bond acceptors (Lipinski definition) is 1. The van der Waals surface area contributed by atoms with Crippen LogP contribution >= 0.6 is 0 Å². The van der Waals surface area contributed by atoms with Gasteiger partial charge in [0.25, 0.3) is 0 Å². The largest absolute Gasteiger partial charge is 0.857 e. The predicted molar refractivity (Wildman–Crippen MR) is 78.1 cm³/mol. The average Bonchev–Trinajstić information content (AvgIpc) is 2.44. The molecule has 18 heavy (non-hydrogen) atoms. The van der Waals surface area contributed by atoms with Crippen molar-refractivity contribution >= 4 is 5.96 Å². The minimum atomic E-state index is 0.750. The smallest absolute Gasteiger partial charge is 0.350 e. The second-order valence-corrected chi connectivity index (χ2v) is 3.82. The first-order valence-corrected chi connectivity index (χ1v) is 7.22. The van der Waals surface area contributed by atoms with Crippen LogP contribution in [-0.4, -0.2) is 66.7 Å². The first-order valence-electron chi connectivity index (χ1n) is 7.22.